The molecule has 1 heterocycles. The molecule has 0 aliphatic heterocycles. The van der Waals surface area contributed by atoms with Gasteiger partial charge in [-0.15, -0.1) is 0 Å². The molecular formula is C7H12N4O. The highest BCUT2D eigenvalue weighted by molar-refractivity contribution is 5.17. The molecule has 0 saturated carbocycles. The maximum atomic E-state index is 5.42. The smallest absolute Gasteiger partial charge is 0.321 e. The van der Waals surface area contributed by atoms with Crippen LogP contribution in [0.25, 0.3) is 0 Å². The van der Waals surface area contributed by atoms with E-state index in [9.17, 15) is 0 Å². The van der Waals surface area contributed by atoms with Crippen LogP contribution in [-0.4, -0.2) is 22.1 Å². The van der Waals surface area contributed by atoms with Crippen molar-refractivity contribution >= 4 is 5.95 Å². The van der Waals surface area contributed by atoms with Gasteiger partial charge in [0.25, 0.3) is 0 Å². The van der Waals surface area contributed by atoms with Crippen LogP contribution in [0.2, 0.25) is 0 Å². The van der Waals surface area contributed by atoms with E-state index in [0.29, 0.717) is 5.82 Å². The zero-order chi connectivity index (χ0) is 8.97. The maximum absolute atomic E-state index is 5.42. The minimum absolute atomic E-state index is 0.213. The van der Waals surface area contributed by atoms with E-state index in [1.807, 2.05) is 6.92 Å². The standard InChI is InChI=1S/C7H12N4O/c1-3-4-5-9-6(8)11-7(10-5)12-2/h3-4H2,1-2H3,(H2,8,9,10,11). The highest BCUT2D eigenvalue weighted by Crippen LogP contribution is 2.05. The summed E-state index contributed by atoms with van der Waals surface area (Å²) in [5, 5.41) is 0. The fourth-order valence-electron chi connectivity index (χ4n) is 0.842. The lowest BCUT2D eigenvalue weighted by atomic mass is 10.3. The zero-order valence-electron chi connectivity index (χ0n) is 7.24. The largest absolute Gasteiger partial charge is 0.467 e. The van der Waals surface area contributed by atoms with Gasteiger partial charge < -0.3 is 10.5 Å². The SMILES string of the molecule is CCCc1nc(N)nc(OC)n1. The number of nitrogens with zero attached hydrogens (tertiary/aromatic N) is 3. The number of aryl methyl sites for hydroxylation is 1. The normalized spacial score (nSPS) is 9.83. The number of rotatable bonds is 3. The van der Waals surface area contributed by atoms with Crippen LogP contribution in [0.15, 0.2) is 0 Å². The minimum Gasteiger partial charge on any atom is -0.467 e. The Bertz CT molecular complexity index is 264. The van der Waals surface area contributed by atoms with Crippen molar-refractivity contribution in [2.24, 2.45) is 0 Å². The summed E-state index contributed by atoms with van der Waals surface area (Å²) in [5.74, 6) is 0.896. The Kier molecular flexibility index (Phi) is 2.79. The Morgan fingerprint density at radius 3 is 2.67 bits per heavy atom. The monoisotopic (exact) mass is 168 g/mol. The molecule has 0 atom stereocenters. The first-order chi connectivity index (χ1) is 5.76. The molecule has 5 heteroatoms. The van der Waals surface area contributed by atoms with Crippen LogP contribution in [0, 0.1) is 0 Å². The van der Waals surface area contributed by atoms with E-state index in [4.69, 9.17) is 10.5 Å². The molecule has 66 valence electrons. The Morgan fingerprint density at radius 2 is 2.08 bits per heavy atom. The van der Waals surface area contributed by atoms with Crippen molar-refractivity contribution in [1.29, 1.82) is 0 Å². The highest BCUT2D eigenvalue weighted by Gasteiger charge is 2.02. The Morgan fingerprint density at radius 1 is 1.33 bits per heavy atom. The van der Waals surface area contributed by atoms with E-state index in [0.717, 1.165) is 12.8 Å². The van der Waals surface area contributed by atoms with Gasteiger partial charge in [-0.1, -0.05) is 6.92 Å². The van der Waals surface area contributed by atoms with Crippen molar-refractivity contribution in [3.63, 3.8) is 0 Å². The van der Waals surface area contributed by atoms with Gasteiger partial charge in [0.15, 0.2) is 0 Å². The van der Waals surface area contributed by atoms with Crippen LogP contribution in [0.3, 0.4) is 0 Å². The molecule has 0 radical (unpaired) electrons. The first-order valence-corrected chi connectivity index (χ1v) is 3.80. The third-order valence-corrected chi connectivity index (χ3v) is 1.33. The number of hydrogen-bond donors (Lipinski definition) is 1. The number of methoxy groups -OCH3 is 1. The van der Waals surface area contributed by atoms with E-state index < -0.39 is 0 Å². The first-order valence-electron chi connectivity index (χ1n) is 3.80. The molecule has 0 amide bonds. The molecule has 0 aromatic carbocycles. The van der Waals surface area contributed by atoms with Gasteiger partial charge in [-0.2, -0.15) is 15.0 Å². The van der Waals surface area contributed by atoms with E-state index in [2.05, 4.69) is 15.0 Å². The molecule has 1 aromatic heterocycles. The summed E-state index contributed by atoms with van der Waals surface area (Å²) < 4.78 is 4.84. The lowest BCUT2D eigenvalue weighted by molar-refractivity contribution is 0.376. The van der Waals surface area contributed by atoms with Gasteiger partial charge in [0.05, 0.1) is 7.11 Å². The summed E-state index contributed by atoms with van der Waals surface area (Å²) in [5.41, 5.74) is 5.42. The number of aromatic nitrogens is 3. The Hall–Kier alpha value is -1.39. The van der Waals surface area contributed by atoms with E-state index in [1.54, 1.807) is 0 Å². The van der Waals surface area contributed by atoms with E-state index in [-0.39, 0.29) is 12.0 Å². The quantitative estimate of drug-likeness (QED) is 0.707. The molecule has 0 aliphatic rings. The number of nitrogens with two attached hydrogens (primary N) is 1. The summed E-state index contributed by atoms with van der Waals surface area (Å²) in [6.45, 7) is 2.05. The second kappa shape index (κ2) is 3.85. The molecule has 0 fully saturated rings. The molecule has 5 nitrogen and oxygen atoms in total. The summed E-state index contributed by atoms with van der Waals surface area (Å²) in [6.07, 6.45) is 1.77. The van der Waals surface area contributed by atoms with Crippen molar-refractivity contribution in [2.45, 2.75) is 19.8 Å². The van der Waals surface area contributed by atoms with Gasteiger partial charge in [0, 0.05) is 6.42 Å². The van der Waals surface area contributed by atoms with Gasteiger partial charge in [-0.3, -0.25) is 0 Å². The average molecular weight is 168 g/mol. The minimum atomic E-state index is 0.213. The second-order valence-corrected chi connectivity index (χ2v) is 2.35. The van der Waals surface area contributed by atoms with Crippen LogP contribution < -0.4 is 10.5 Å². The van der Waals surface area contributed by atoms with E-state index >= 15 is 0 Å². The van der Waals surface area contributed by atoms with Gasteiger partial charge in [-0.05, 0) is 6.42 Å². The first kappa shape index (κ1) is 8.70. The molecule has 0 saturated heterocycles. The van der Waals surface area contributed by atoms with Crippen LogP contribution in [0.1, 0.15) is 19.2 Å². The summed E-state index contributed by atoms with van der Waals surface area (Å²) in [4.78, 5) is 11.7. The summed E-state index contributed by atoms with van der Waals surface area (Å²) in [6, 6.07) is 0.283. The predicted molar refractivity (Wildman–Crippen MR) is 44.8 cm³/mol. The van der Waals surface area contributed by atoms with Crippen LogP contribution in [-0.2, 0) is 6.42 Å². The second-order valence-electron chi connectivity index (χ2n) is 2.35. The van der Waals surface area contributed by atoms with Gasteiger partial charge in [0.2, 0.25) is 5.95 Å². The molecule has 1 rings (SSSR count). The topological polar surface area (TPSA) is 73.9 Å². The molecule has 0 aliphatic carbocycles. The van der Waals surface area contributed by atoms with Gasteiger partial charge in [-0.25, -0.2) is 0 Å². The number of hydrogen-bond acceptors (Lipinski definition) is 5. The molecule has 12 heavy (non-hydrogen) atoms. The van der Waals surface area contributed by atoms with Gasteiger partial charge in [0.1, 0.15) is 5.82 Å². The van der Waals surface area contributed by atoms with Crippen LogP contribution in [0.4, 0.5) is 5.95 Å². The maximum Gasteiger partial charge on any atom is 0.321 e. The third-order valence-electron chi connectivity index (χ3n) is 1.33. The molecule has 0 spiro atoms. The molecular weight excluding hydrogens is 156 g/mol. The number of anilines is 1. The number of nitrogen functional groups attached to an aromatic ring is 1. The average Bonchev–Trinajstić information content (AvgIpc) is 2.04. The van der Waals surface area contributed by atoms with E-state index in [1.165, 1.54) is 7.11 Å². The fraction of sp³-hybridized carbons (Fsp3) is 0.571. The Labute approximate surface area is 71.0 Å². The van der Waals surface area contributed by atoms with Crippen LogP contribution >= 0.6 is 0 Å². The summed E-state index contributed by atoms with van der Waals surface area (Å²) >= 11 is 0. The number of ether oxygens (including phenoxy) is 1. The molecule has 2 N–H and O–H groups in total. The lowest BCUT2D eigenvalue weighted by Gasteiger charge is -2.01. The van der Waals surface area contributed by atoms with Crippen LogP contribution in [0.5, 0.6) is 6.01 Å². The van der Waals surface area contributed by atoms with Gasteiger partial charge >= 0.3 is 6.01 Å². The summed E-state index contributed by atoms with van der Waals surface area (Å²) in [7, 11) is 1.50. The predicted octanol–water partition coefficient (Wildman–Crippen LogP) is 0.415. The third kappa shape index (κ3) is 2.05. The zero-order valence-corrected chi connectivity index (χ0v) is 7.24. The molecule has 0 bridgehead atoms. The van der Waals surface area contributed by atoms with Crippen molar-refractivity contribution in [1.82, 2.24) is 15.0 Å². The molecule has 1 aromatic rings. The Balaban J connectivity index is 2.90. The lowest BCUT2D eigenvalue weighted by Crippen LogP contribution is -2.04. The van der Waals surface area contributed by atoms with Crippen molar-refractivity contribution in [3.05, 3.63) is 5.82 Å². The van der Waals surface area contributed by atoms with Crippen molar-refractivity contribution in [3.8, 4) is 6.01 Å². The van der Waals surface area contributed by atoms with Crippen molar-refractivity contribution < 1.29 is 4.74 Å². The molecule has 0 unspecified atom stereocenters. The van der Waals surface area contributed by atoms with Crippen molar-refractivity contribution in [2.75, 3.05) is 12.8 Å². The fourth-order valence-corrected chi connectivity index (χ4v) is 0.842. The highest BCUT2D eigenvalue weighted by atomic mass is 16.5.